The summed E-state index contributed by atoms with van der Waals surface area (Å²) >= 11 is 0. The molecule has 0 aromatic heterocycles. The Labute approximate surface area is 173 Å². The number of rotatable bonds is 8. The van der Waals surface area contributed by atoms with Crippen LogP contribution in [-0.4, -0.2) is 67.8 Å². The number of guanidine groups is 1. The van der Waals surface area contributed by atoms with Crippen molar-refractivity contribution < 1.29 is 9.59 Å². The highest BCUT2D eigenvalue weighted by Gasteiger charge is 2.12. The Morgan fingerprint density at radius 3 is 2.23 bits per heavy atom. The van der Waals surface area contributed by atoms with Crippen LogP contribution in [0.1, 0.15) is 19.4 Å². The molecule has 0 unspecified atom stereocenters. The normalized spacial score (nSPS) is 10.5. The number of amides is 2. The Kier molecular flexibility index (Phi) is 12.4. The zero-order valence-corrected chi connectivity index (χ0v) is 18.3. The summed E-state index contributed by atoms with van der Waals surface area (Å²) in [7, 11) is 3.39. The zero-order valence-electron chi connectivity index (χ0n) is 16.0. The Morgan fingerprint density at radius 1 is 1.04 bits per heavy atom. The van der Waals surface area contributed by atoms with Gasteiger partial charge in [-0.05, 0) is 19.4 Å². The predicted octanol–water partition coefficient (Wildman–Crippen LogP) is 1.30. The second kappa shape index (κ2) is 13.4. The van der Waals surface area contributed by atoms with Crippen LogP contribution in [0.25, 0.3) is 0 Å². The van der Waals surface area contributed by atoms with E-state index in [2.05, 4.69) is 15.6 Å². The highest BCUT2D eigenvalue weighted by molar-refractivity contribution is 14.0. The quantitative estimate of drug-likeness (QED) is 0.338. The Morgan fingerprint density at radius 2 is 1.69 bits per heavy atom. The van der Waals surface area contributed by atoms with Gasteiger partial charge in [-0.25, -0.2) is 4.99 Å². The van der Waals surface area contributed by atoms with Gasteiger partial charge in [0, 0.05) is 33.7 Å². The number of benzene rings is 1. The standard InChI is InChI=1S/C18H29N5O2.HI/c1-5-19-18(20-12-16(24)22(3)4)21-13-17(25)23(6-2)14-15-10-8-7-9-11-15;/h7-11H,5-6,12-14H2,1-4H3,(H2,19,20,21);1H. The van der Waals surface area contributed by atoms with Crippen LogP contribution in [0.4, 0.5) is 0 Å². The first-order chi connectivity index (χ1) is 12.0. The van der Waals surface area contributed by atoms with Crippen molar-refractivity contribution in [3.05, 3.63) is 35.9 Å². The van der Waals surface area contributed by atoms with Crippen LogP contribution in [0, 0.1) is 0 Å². The van der Waals surface area contributed by atoms with Gasteiger partial charge in [0.1, 0.15) is 6.54 Å². The molecule has 7 nitrogen and oxygen atoms in total. The van der Waals surface area contributed by atoms with Crippen molar-refractivity contribution in [2.24, 2.45) is 4.99 Å². The molecule has 26 heavy (non-hydrogen) atoms. The summed E-state index contributed by atoms with van der Waals surface area (Å²) in [4.78, 5) is 31.6. The number of carbonyl (C=O) groups excluding carboxylic acids is 2. The molecule has 146 valence electrons. The number of carbonyl (C=O) groups is 2. The van der Waals surface area contributed by atoms with Crippen molar-refractivity contribution >= 4 is 41.8 Å². The SMILES string of the molecule is CCNC(=NCC(=O)N(CC)Cc1ccccc1)NCC(=O)N(C)C.I. The maximum Gasteiger partial charge on any atom is 0.244 e. The van der Waals surface area contributed by atoms with E-state index in [-0.39, 0.29) is 48.9 Å². The molecule has 0 aliphatic heterocycles. The van der Waals surface area contributed by atoms with Crippen LogP contribution < -0.4 is 10.6 Å². The van der Waals surface area contributed by atoms with Gasteiger partial charge in [-0.15, -0.1) is 24.0 Å². The molecule has 0 bridgehead atoms. The van der Waals surface area contributed by atoms with Gasteiger partial charge in [0.15, 0.2) is 5.96 Å². The lowest BCUT2D eigenvalue weighted by molar-refractivity contribution is -0.130. The fourth-order valence-electron chi connectivity index (χ4n) is 2.09. The van der Waals surface area contributed by atoms with Gasteiger partial charge in [0.25, 0.3) is 0 Å². The molecular formula is C18H30IN5O2. The lowest BCUT2D eigenvalue weighted by atomic mass is 10.2. The van der Waals surface area contributed by atoms with E-state index in [0.29, 0.717) is 25.6 Å². The number of halogens is 1. The predicted molar refractivity (Wildman–Crippen MR) is 116 cm³/mol. The summed E-state index contributed by atoms with van der Waals surface area (Å²) in [6.45, 7) is 5.88. The highest BCUT2D eigenvalue weighted by Crippen LogP contribution is 2.04. The average molecular weight is 475 g/mol. The van der Waals surface area contributed by atoms with Gasteiger partial charge in [0.2, 0.25) is 11.8 Å². The molecule has 0 spiro atoms. The minimum atomic E-state index is -0.0591. The minimum Gasteiger partial charge on any atom is -0.357 e. The summed E-state index contributed by atoms with van der Waals surface area (Å²) in [5, 5.41) is 5.98. The molecule has 0 heterocycles. The molecular weight excluding hydrogens is 445 g/mol. The van der Waals surface area contributed by atoms with Crippen molar-refractivity contribution in [3.8, 4) is 0 Å². The van der Waals surface area contributed by atoms with Crippen molar-refractivity contribution in [1.82, 2.24) is 20.4 Å². The smallest absolute Gasteiger partial charge is 0.244 e. The Bertz CT molecular complexity index is 578. The molecule has 0 saturated heterocycles. The first-order valence-electron chi connectivity index (χ1n) is 8.51. The van der Waals surface area contributed by atoms with Crippen LogP contribution in [0.5, 0.6) is 0 Å². The molecule has 0 aliphatic carbocycles. The molecule has 1 rings (SSSR count). The topological polar surface area (TPSA) is 77.0 Å². The van der Waals surface area contributed by atoms with Crippen molar-refractivity contribution in [2.75, 3.05) is 40.3 Å². The van der Waals surface area contributed by atoms with Gasteiger partial charge >= 0.3 is 0 Å². The maximum absolute atomic E-state index is 12.4. The third kappa shape index (κ3) is 9.02. The lowest BCUT2D eigenvalue weighted by Gasteiger charge is -2.20. The van der Waals surface area contributed by atoms with E-state index in [4.69, 9.17) is 0 Å². The molecule has 1 aromatic carbocycles. The first-order valence-corrected chi connectivity index (χ1v) is 8.51. The fraction of sp³-hybridized carbons (Fsp3) is 0.500. The summed E-state index contributed by atoms with van der Waals surface area (Å²) in [6, 6.07) is 9.87. The number of likely N-dealkylation sites (N-methyl/N-ethyl adjacent to an activating group) is 2. The van der Waals surface area contributed by atoms with E-state index >= 15 is 0 Å². The number of nitrogens with zero attached hydrogens (tertiary/aromatic N) is 3. The van der Waals surface area contributed by atoms with Crippen LogP contribution in [0.2, 0.25) is 0 Å². The first kappa shape index (κ1) is 24.2. The number of hydrogen-bond donors (Lipinski definition) is 2. The van der Waals surface area contributed by atoms with E-state index in [0.717, 1.165) is 5.56 Å². The number of hydrogen-bond acceptors (Lipinski definition) is 3. The van der Waals surface area contributed by atoms with Crippen LogP contribution >= 0.6 is 24.0 Å². The van der Waals surface area contributed by atoms with Crippen LogP contribution in [0.3, 0.4) is 0 Å². The summed E-state index contributed by atoms with van der Waals surface area (Å²) in [5.74, 6) is 0.348. The molecule has 8 heteroatoms. The lowest BCUT2D eigenvalue weighted by Crippen LogP contribution is -2.43. The molecule has 1 aromatic rings. The third-order valence-corrected chi connectivity index (χ3v) is 3.57. The van der Waals surface area contributed by atoms with E-state index in [9.17, 15) is 9.59 Å². The van der Waals surface area contributed by atoms with Gasteiger partial charge < -0.3 is 20.4 Å². The third-order valence-electron chi connectivity index (χ3n) is 3.57. The summed E-state index contributed by atoms with van der Waals surface area (Å²) in [6.07, 6.45) is 0. The summed E-state index contributed by atoms with van der Waals surface area (Å²) in [5.41, 5.74) is 1.09. The summed E-state index contributed by atoms with van der Waals surface area (Å²) < 4.78 is 0. The molecule has 0 radical (unpaired) electrons. The van der Waals surface area contributed by atoms with Crippen molar-refractivity contribution in [3.63, 3.8) is 0 Å². The van der Waals surface area contributed by atoms with Crippen LogP contribution in [0.15, 0.2) is 35.3 Å². The highest BCUT2D eigenvalue weighted by atomic mass is 127. The van der Waals surface area contributed by atoms with Gasteiger partial charge in [-0.2, -0.15) is 0 Å². The zero-order chi connectivity index (χ0) is 18.7. The van der Waals surface area contributed by atoms with Crippen molar-refractivity contribution in [1.29, 1.82) is 0 Å². The maximum atomic E-state index is 12.4. The van der Waals surface area contributed by atoms with E-state index in [1.165, 1.54) is 4.90 Å². The molecule has 0 atom stereocenters. The monoisotopic (exact) mass is 475 g/mol. The van der Waals surface area contributed by atoms with E-state index in [1.54, 1.807) is 19.0 Å². The molecule has 2 N–H and O–H groups in total. The molecule has 2 amide bonds. The number of aliphatic imine (C=N–C) groups is 1. The molecule has 0 saturated carbocycles. The van der Waals surface area contributed by atoms with E-state index in [1.807, 2.05) is 44.2 Å². The fourth-order valence-corrected chi connectivity index (χ4v) is 2.09. The Balaban J connectivity index is 0.00000625. The largest absolute Gasteiger partial charge is 0.357 e. The minimum absolute atomic E-state index is 0. The van der Waals surface area contributed by atoms with Crippen molar-refractivity contribution in [2.45, 2.75) is 20.4 Å². The molecule has 0 aliphatic rings. The van der Waals surface area contributed by atoms with Gasteiger partial charge in [-0.1, -0.05) is 30.3 Å². The van der Waals surface area contributed by atoms with Gasteiger partial charge in [0.05, 0.1) is 6.54 Å². The van der Waals surface area contributed by atoms with Gasteiger partial charge in [-0.3, -0.25) is 9.59 Å². The average Bonchev–Trinajstić information content (AvgIpc) is 2.62. The van der Waals surface area contributed by atoms with Crippen LogP contribution in [-0.2, 0) is 16.1 Å². The Hall–Kier alpha value is -1.84. The molecule has 0 fully saturated rings. The second-order valence-electron chi connectivity index (χ2n) is 5.73. The van der Waals surface area contributed by atoms with E-state index < -0.39 is 0 Å². The second-order valence-corrected chi connectivity index (χ2v) is 5.73. The number of nitrogens with one attached hydrogen (secondary N) is 2.